The average molecular weight is 337 g/mol. The fourth-order valence-corrected chi connectivity index (χ4v) is 3.15. The second kappa shape index (κ2) is 7.83. The molecule has 0 atom stereocenters. The minimum Gasteiger partial charge on any atom is -0.386 e. The first-order chi connectivity index (χ1) is 12.2. The van der Waals surface area contributed by atoms with Crippen molar-refractivity contribution in [1.82, 2.24) is 4.90 Å². The molecule has 2 amide bonds. The largest absolute Gasteiger partial charge is 0.386 e. The zero-order valence-corrected chi connectivity index (χ0v) is 14.4. The number of anilines is 2. The Morgan fingerprint density at radius 1 is 1.12 bits per heavy atom. The van der Waals surface area contributed by atoms with Crippen LogP contribution in [0.5, 0.6) is 0 Å². The Labute approximate surface area is 148 Å². The van der Waals surface area contributed by atoms with Crippen molar-refractivity contribution in [3.8, 4) is 0 Å². The Kier molecular flexibility index (Phi) is 5.33. The highest BCUT2D eigenvalue weighted by Gasteiger charge is 2.19. The number of para-hydroxylation sites is 2. The molecule has 0 aliphatic carbocycles. The van der Waals surface area contributed by atoms with Crippen molar-refractivity contribution in [3.63, 3.8) is 0 Å². The summed E-state index contributed by atoms with van der Waals surface area (Å²) in [4.78, 5) is 26.9. The van der Waals surface area contributed by atoms with Gasteiger partial charge >= 0.3 is 0 Å². The second-order valence-corrected chi connectivity index (χ2v) is 6.24. The van der Waals surface area contributed by atoms with Crippen LogP contribution in [-0.4, -0.2) is 30.8 Å². The van der Waals surface area contributed by atoms with E-state index in [9.17, 15) is 9.59 Å². The lowest BCUT2D eigenvalue weighted by molar-refractivity contribution is -0.128. The molecule has 0 saturated carbocycles. The van der Waals surface area contributed by atoms with Gasteiger partial charge in [-0.3, -0.25) is 9.59 Å². The van der Waals surface area contributed by atoms with Gasteiger partial charge in [0, 0.05) is 26.6 Å². The predicted octanol–water partition coefficient (Wildman–Crippen LogP) is 3.01. The molecule has 1 aliphatic rings. The van der Waals surface area contributed by atoms with Crippen LogP contribution in [0.4, 0.5) is 11.4 Å². The maximum absolute atomic E-state index is 11.7. The number of hydrogen-bond acceptors (Lipinski definition) is 3. The number of nitrogens with one attached hydrogen (secondary N) is 1. The first-order valence-electron chi connectivity index (χ1n) is 8.55. The smallest absolute Gasteiger partial charge is 0.222 e. The number of carbonyl (C=O) groups is 2. The third kappa shape index (κ3) is 3.99. The van der Waals surface area contributed by atoms with Gasteiger partial charge in [-0.05, 0) is 29.7 Å². The quantitative estimate of drug-likeness (QED) is 0.790. The topological polar surface area (TPSA) is 52.7 Å². The molecular formula is C20H23N3O2. The van der Waals surface area contributed by atoms with Crippen LogP contribution in [0.2, 0.25) is 0 Å². The van der Waals surface area contributed by atoms with Gasteiger partial charge in [-0.25, -0.2) is 0 Å². The Hall–Kier alpha value is -2.82. The molecule has 1 heterocycles. The molecule has 1 saturated heterocycles. The average Bonchev–Trinajstić information content (AvgIpc) is 3.05. The van der Waals surface area contributed by atoms with Crippen molar-refractivity contribution in [2.75, 3.05) is 23.8 Å². The lowest BCUT2D eigenvalue weighted by Gasteiger charge is -2.21. The molecule has 1 fully saturated rings. The summed E-state index contributed by atoms with van der Waals surface area (Å²) in [5, 5.41) is 3.11. The molecule has 5 heteroatoms. The molecule has 0 unspecified atom stereocenters. The highest BCUT2D eigenvalue weighted by atomic mass is 16.2. The van der Waals surface area contributed by atoms with E-state index in [0.29, 0.717) is 19.5 Å². The molecule has 0 radical (unpaired) electrons. The molecule has 0 aromatic heterocycles. The van der Waals surface area contributed by atoms with Gasteiger partial charge in [0.15, 0.2) is 0 Å². The van der Waals surface area contributed by atoms with Crippen molar-refractivity contribution in [2.45, 2.75) is 25.9 Å². The molecular weight excluding hydrogens is 314 g/mol. The van der Waals surface area contributed by atoms with Gasteiger partial charge in [0.25, 0.3) is 0 Å². The molecule has 2 aromatic rings. The van der Waals surface area contributed by atoms with E-state index in [1.165, 1.54) is 0 Å². The van der Waals surface area contributed by atoms with Crippen molar-refractivity contribution in [1.29, 1.82) is 0 Å². The van der Waals surface area contributed by atoms with Gasteiger partial charge in [-0.2, -0.15) is 0 Å². The lowest BCUT2D eigenvalue weighted by atomic mass is 10.1. The lowest BCUT2D eigenvalue weighted by Crippen LogP contribution is -2.24. The van der Waals surface area contributed by atoms with Gasteiger partial charge in [0.2, 0.25) is 12.3 Å². The molecule has 25 heavy (non-hydrogen) atoms. The Morgan fingerprint density at radius 2 is 1.84 bits per heavy atom. The Morgan fingerprint density at radius 3 is 2.48 bits per heavy atom. The van der Waals surface area contributed by atoms with Crippen LogP contribution in [0.25, 0.3) is 0 Å². The summed E-state index contributed by atoms with van der Waals surface area (Å²) in [6, 6.07) is 15.8. The molecule has 0 spiro atoms. The number of amides is 2. The van der Waals surface area contributed by atoms with Crippen LogP contribution >= 0.6 is 0 Å². The summed E-state index contributed by atoms with van der Waals surface area (Å²) in [6.45, 7) is 2.02. The van der Waals surface area contributed by atoms with Gasteiger partial charge in [0.05, 0.1) is 17.9 Å². The van der Waals surface area contributed by atoms with E-state index in [-0.39, 0.29) is 5.91 Å². The summed E-state index contributed by atoms with van der Waals surface area (Å²) in [6.07, 6.45) is 2.47. The standard InChI is InChI=1S/C20H23N3O2/c1-21-18-5-2-3-6-19(18)23(15-24)14-17-10-8-16(9-11-17)13-22-12-4-7-20(22)25/h2-3,5-6,8-11,15,21H,4,7,12-14H2,1H3. The van der Waals surface area contributed by atoms with E-state index in [2.05, 4.69) is 5.32 Å². The molecule has 2 aromatic carbocycles. The third-order valence-corrected chi connectivity index (χ3v) is 4.53. The molecule has 3 rings (SSSR count). The van der Waals surface area contributed by atoms with Crippen molar-refractivity contribution < 1.29 is 9.59 Å². The van der Waals surface area contributed by atoms with E-state index in [4.69, 9.17) is 0 Å². The highest BCUT2D eigenvalue weighted by Crippen LogP contribution is 2.25. The fraction of sp³-hybridized carbons (Fsp3) is 0.300. The van der Waals surface area contributed by atoms with Crippen LogP contribution in [0.3, 0.4) is 0 Å². The monoisotopic (exact) mass is 337 g/mol. The first-order valence-corrected chi connectivity index (χ1v) is 8.55. The van der Waals surface area contributed by atoms with E-state index in [1.54, 1.807) is 4.90 Å². The number of nitrogens with zero attached hydrogens (tertiary/aromatic N) is 2. The SMILES string of the molecule is CNc1ccccc1N(C=O)Cc1ccc(CN2CCCC2=O)cc1. The summed E-state index contributed by atoms with van der Waals surface area (Å²) in [7, 11) is 1.84. The molecule has 1 aliphatic heterocycles. The van der Waals surface area contributed by atoms with E-state index in [1.807, 2.05) is 60.5 Å². The summed E-state index contributed by atoms with van der Waals surface area (Å²) in [5.74, 6) is 0.236. The Balaban J connectivity index is 1.69. The predicted molar refractivity (Wildman–Crippen MR) is 99.3 cm³/mol. The zero-order valence-electron chi connectivity index (χ0n) is 14.4. The minimum absolute atomic E-state index is 0.236. The van der Waals surface area contributed by atoms with Crippen LogP contribution < -0.4 is 10.2 Å². The van der Waals surface area contributed by atoms with Crippen molar-refractivity contribution in [3.05, 3.63) is 59.7 Å². The molecule has 1 N–H and O–H groups in total. The van der Waals surface area contributed by atoms with Gasteiger partial charge < -0.3 is 15.1 Å². The van der Waals surface area contributed by atoms with Crippen molar-refractivity contribution >= 4 is 23.7 Å². The zero-order chi connectivity index (χ0) is 17.6. The second-order valence-electron chi connectivity index (χ2n) is 6.24. The number of likely N-dealkylation sites (tertiary alicyclic amines) is 1. The number of rotatable bonds is 7. The highest BCUT2D eigenvalue weighted by molar-refractivity contribution is 5.83. The van der Waals surface area contributed by atoms with Gasteiger partial charge in [0.1, 0.15) is 0 Å². The van der Waals surface area contributed by atoms with Crippen LogP contribution in [-0.2, 0) is 22.7 Å². The Bertz CT molecular complexity index is 743. The van der Waals surface area contributed by atoms with E-state index in [0.717, 1.165) is 41.9 Å². The summed E-state index contributed by atoms with van der Waals surface area (Å²) >= 11 is 0. The number of hydrogen-bond donors (Lipinski definition) is 1. The molecule has 130 valence electrons. The summed E-state index contributed by atoms with van der Waals surface area (Å²) in [5.41, 5.74) is 3.94. The molecule has 5 nitrogen and oxygen atoms in total. The van der Waals surface area contributed by atoms with Crippen molar-refractivity contribution in [2.24, 2.45) is 0 Å². The van der Waals surface area contributed by atoms with Crippen LogP contribution in [0.1, 0.15) is 24.0 Å². The fourth-order valence-electron chi connectivity index (χ4n) is 3.15. The van der Waals surface area contributed by atoms with Gasteiger partial charge in [-0.15, -0.1) is 0 Å². The van der Waals surface area contributed by atoms with E-state index >= 15 is 0 Å². The molecule has 0 bridgehead atoms. The first kappa shape index (κ1) is 17.0. The maximum atomic E-state index is 11.7. The van der Waals surface area contributed by atoms with E-state index < -0.39 is 0 Å². The minimum atomic E-state index is 0.236. The van der Waals surface area contributed by atoms with Crippen LogP contribution in [0, 0.1) is 0 Å². The van der Waals surface area contributed by atoms with Crippen LogP contribution in [0.15, 0.2) is 48.5 Å². The van der Waals surface area contributed by atoms with Gasteiger partial charge in [-0.1, -0.05) is 36.4 Å². The number of benzene rings is 2. The number of carbonyl (C=O) groups excluding carboxylic acids is 2. The normalized spacial score (nSPS) is 13.8. The third-order valence-electron chi connectivity index (χ3n) is 4.53. The summed E-state index contributed by atoms with van der Waals surface area (Å²) < 4.78 is 0. The maximum Gasteiger partial charge on any atom is 0.222 e.